The Labute approximate surface area is 124 Å². The topological polar surface area (TPSA) is 46.4 Å². The summed E-state index contributed by atoms with van der Waals surface area (Å²) in [6.45, 7) is 0.480. The van der Waals surface area contributed by atoms with Crippen molar-refractivity contribution >= 4 is 27.3 Å². The van der Waals surface area contributed by atoms with Crippen molar-refractivity contribution in [3.05, 3.63) is 68.4 Å². The van der Waals surface area contributed by atoms with E-state index in [0.717, 1.165) is 11.3 Å². The van der Waals surface area contributed by atoms with E-state index in [1.54, 1.807) is 18.2 Å². The lowest BCUT2D eigenvalue weighted by Crippen LogP contribution is -2.16. The number of rotatable bonds is 4. The molecule has 0 saturated heterocycles. The lowest BCUT2D eigenvalue weighted by molar-refractivity contribution is -0.385. The molecule has 0 atom stereocenters. The maximum absolute atomic E-state index is 12.9. The Bertz CT molecular complexity index is 632. The van der Waals surface area contributed by atoms with E-state index in [9.17, 15) is 14.5 Å². The summed E-state index contributed by atoms with van der Waals surface area (Å²) in [5.74, 6) is -0.293. The highest BCUT2D eigenvalue weighted by Crippen LogP contribution is 2.29. The van der Waals surface area contributed by atoms with Crippen molar-refractivity contribution in [2.75, 3.05) is 11.9 Å². The summed E-state index contributed by atoms with van der Waals surface area (Å²) in [7, 11) is 1.85. The molecule has 2 aromatic rings. The molecule has 104 valence electrons. The van der Waals surface area contributed by atoms with Crippen molar-refractivity contribution in [2.45, 2.75) is 6.54 Å². The van der Waals surface area contributed by atoms with Gasteiger partial charge in [-0.2, -0.15) is 0 Å². The predicted octanol–water partition coefficient (Wildman–Crippen LogP) is 4.13. The number of hydrogen-bond acceptors (Lipinski definition) is 3. The fourth-order valence-electron chi connectivity index (χ4n) is 1.87. The lowest BCUT2D eigenvalue weighted by Gasteiger charge is -2.20. The van der Waals surface area contributed by atoms with Gasteiger partial charge in [0.2, 0.25) is 0 Å². The van der Waals surface area contributed by atoms with E-state index in [2.05, 4.69) is 15.9 Å². The van der Waals surface area contributed by atoms with E-state index in [1.165, 1.54) is 18.2 Å². The molecule has 4 nitrogen and oxygen atoms in total. The number of nitro groups is 1. The highest BCUT2D eigenvalue weighted by atomic mass is 79.9. The normalized spacial score (nSPS) is 10.3. The van der Waals surface area contributed by atoms with Crippen LogP contribution in [-0.2, 0) is 6.54 Å². The molecule has 0 amide bonds. The highest BCUT2D eigenvalue weighted by molar-refractivity contribution is 9.10. The molecular formula is C14H12BrFN2O2. The summed E-state index contributed by atoms with van der Waals surface area (Å²) in [6.07, 6.45) is 0. The predicted molar refractivity (Wildman–Crippen MR) is 79.3 cm³/mol. The van der Waals surface area contributed by atoms with E-state index in [1.807, 2.05) is 18.0 Å². The van der Waals surface area contributed by atoms with Gasteiger partial charge >= 0.3 is 0 Å². The van der Waals surface area contributed by atoms with E-state index >= 15 is 0 Å². The average molecular weight is 339 g/mol. The van der Waals surface area contributed by atoms with Crippen LogP contribution in [0.5, 0.6) is 0 Å². The zero-order chi connectivity index (χ0) is 14.7. The SMILES string of the molecule is CN(Cc1cccc([N+](=O)[O-])c1Br)c1ccc(F)cc1. The molecule has 0 aromatic heterocycles. The molecule has 0 heterocycles. The quantitative estimate of drug-likeness (QED) is 0.621. The fraction of sp³-hybridized carbons (Fsp3) is 0.143. The molecule has 2 aromatic carbocycles. The van der Waals surface area contributed by atoms with Gasteiger partial charge in [0.1, 0.15) is 10.3 Å². The third kappa shape index (κ3) is 3.14. The molecule has 2 rings (SSSR count). The Morgan fingerprint density at radius 1 is 1.25 bits per heavy atom. The van der Waals surface area contributed by atoms with Gasteiger partial charge < -0.3 is 4.90 Å². The molecular weight excluding hydrogens is 327 g/mol. The number of benzene rings is 2. The largest absolute Gasteiger partial charge is 0.370 e. The minimum absolute atomic E-state index is 0.0370. The minimum atomic E-state index is -0.425. The van der Waals surface area contributed by atoms with Crippen LogP contribution < -0.4 is 4.90 Å². The first-order valence-electron chi connectivity index (χ1n) is 5.87. The van der Waals surface area contributed by atoms with Crippen LogP contribution >= 0.6 is 15.9 Å². The summed E-state index contributed by atoms with van der Waals surface area (Å²) < 4.78 is 13.4. The molecule has 0 spiro atoms. The van der Waals surface area contributed by atoms with Crippen LogP contribution in [0.4, 0.5) is 15.8 Å². The second kappa shape index (κ2) is 6.00. The van der Waals surface area contributed by atoms with Crippen LogP contribution in [0.1, 0.15) is 5.56 Å². The third-order valence-electron chi connectivity index (χ3n) is 2.93. The van der Waals surface area contributed by atoms with Crippen LogP contribution in [0.3, 0.4) is 0 Å². The van der Waals surface area contributed by atoms with Crippen LogP contribution in [0.15, 0.2) is 46.9 Å². The molecule has 0 unspecified atom stereocenters. The molecule has 0 aliphatic heterocycles. The van der Waals surface area contributed by atoms with Crippen molar-refractivity contribution in [2.24, 2.45) is 0 Å². The maximum Gasteiger partial charge on any atom is 0.283 e. The average Bonchev–Trinajstić information content (AvgIpc) is 2.41. The number of nitrogens with zero attached hydrogens (tertiary/aromatic N) is 2. The molecule has 20 heavy (non-hydrogen) atoms. The van der Waals surface area contributed by atoms with Crippen molar-refractivity contribution < 1.29 is 9.31 Å². The van der Waals surface area contributed by atoms with Gasteiger partial charge in [0, 0.05) is 25.3 Å². The Morgan fingerprint density at radius 3 is 2.50 bits per heavy atom. The maximum atomic E-state index is 12.9. The first kappa shape index (κ1) is 14.5. The van der Waals surface area contributed by atoms with Crippen molar-refractivity contribution in [1.29, 1.82) is 0 Å². The van der Waals surface area contributed by atoms with Gasteiger partial charge in [0.15, 0.2) is 0 Å². The minimum Gasteiger partial charge on any atom is -0.370 e. The van der Waals surface area contributed by atoms with Gasteiger partial charge in [-0.1, -0.05) is 12.1 Å². The van der Waals surface area contributed by atoms with E-state index in [-0.39, 0.29) is 11.5 Å². The Hall–Kier alpha value is -1.95. The van der Waals surface area contributed by atoms with Crippen LogP contribution in [-0.4, -0.2) is 12.0 Å². The molecule has 0 aliphatic carbocycles. The monoisotopic (exact) mass is 338 g/mol. The molecule has 0 aliphatic rings. The number of halogens is 2. The smallest absolute Gasteiger partial charge is 0.283 e. The molecule has 0 radical (unpaired) electrons. The van der Waals surface area contributed by atoms with E-state index < -0.39 is 4.92 Å². The number of anilines is 1. The Morgan fingerprint density at radius 2 is 1.90 bits per heavy atom. The highest BCUT2D eigenvalue weighted by Gasteiger charge is 2.15. The van der Waals surface area contributed by atoms with E-state index in [4.69, 9.17) is 0 Å². The number of hydrogen-bond donors (Lipinski definition) is 0. The fourth-order valence-corrected chi connectivity index (χ4v) is 2.41. The van der Waals surface area contributed by atoms with Gasteiger partial charge in [-0.15, -0.1) is 0 Å². The van der Waals surface area contributed by atoms with Crippen molar-refractivity contribution in [1.82, 2.24) is 0 Å². The summed E-state index contributed by atoms with van der Waals surface area (Å²) >= 11 is 3.27. The standard InChI is InChI=1S/C14H12BrFN2O2/c1-17(12-7-5-11(16)6-8-12)9-10-3-2-4-13(14(10)15)18(19)20/h2-8H,9H2,1H3. The van der Waals surface area contributed by atoms with Crippen molar-refractivity contribution in [3.8, 4) is 0 Å². The van der Waals surface area contributed by atoms with Crippen LogP contribution in [0.2, 0.25) is 0 Å². The van der Waals surface area contributed by atoms with Gasteiger partial charge in [-0.05, 0) is 45.8 Å². The van der Waals surface area contributed by atoms with Gasteiger partial charge in [0.25, 0.3) is 5.69 Å². The van der Waals surface area contributed by atoms with Crippen molar-refractivity contribution in [3.63, 3.8) is 0 Å². The Balaban J connectivity index is 2.23. The molecule has 0 N–H and O–H groups in total. The zero-order valence-corrected chi connectivity index (χ0v) is 12.3. The summed E-state index contributed by atoms with van der Waals surface area (Å²) in [4.78, 5) is 12.4. The zero-order valence-electron chi connectivity index (χ0n) is 10.7. The van der Waals surface area contributed by atoms with Gasteiger partial charge in [-0.25, -0.2) is 4.39 Å². The van der Waals surface area contributed by atoms with Gasteiger partial charge in [-0.3, -0.25) is 10.1 Å². The second-order valence-electron chi connectivity index (χ2n) is 4.34. The van der Waals surface area contributed by atoms with Crippen LogP contribution in [0.25, 0.3) is 0 Å². The summed E-state index contributed by atoms with van der Waals surface area (Å²) in [6, 6.07) is 11.0. The third-order valence-corrected chi connectivity index (χ3v) is 3.85. The second-order valence-corrected chi connectivity index (χ2v) is 5.13. The summed E-state index contributed by atoms with van der Waals surface area (Å²) in [5.41, 5.74) is 1.67. The first-order chi connectivity index (χ1) is 9.49. The first-order valence-corrected chi connectivity index (χ1v) is 6.67. The summed E-state index contributed by atoms with van der Waals surface area (Å²) in [5, 5.41) is 10.9. The molecule has 0 fully saturated rings. The lowest BCUT2D eigenvalue weighted by atomic mass is 10.2. The van der Waals surface area contributed by atoms with Crippen LogP contribution in [0, 0.1) is 15.9 Å². The Kier molecular flexibility index (Phi) is 4.34. The van der Waals surface area contributed by atoms with E-state index in [0.29, 0.717) is 11.0 Å². The number of nitro benzene ring substituents is 1. The molecule has 0 saturated carbocycles. The molecule has 6 heteroatoms. The molecule has 0 bridgehead atoms. The van der Waals surface area contributed by atoms with Gasteiger partial charge in [0.05, 0.1) is 4.92 Å².